The Bertz CT molecular complexity index is 703. The lowest BCUT2D eigenvalue weighted by molar-refractivity contribution is -0.118. The molecule has 6 nitrogen and oxygen atoms in total. The third kappa shape index (κ3) is 4.21. The lowest BCUT2D eigenvalue weighted by Gasteiger charge is -2.31. The largest absolute Gasteiger partial charge is 0.356 e. The molecule has 2 aromatic heterocycles. The number of nitrogens with zero attached hydrogens (tertiary/aromatic N) is 4. The van der Waals surface area contributed by atoms with Gasteiger partial charge < -0.3 is 5.32 Å². The number of hydrogen-bond donors (Lipinski definition) is 1. The first-order valence-corrected chi connectivity index (χ1v) is 9.94. The van der Waals surface area contributed by atoms with E-state index in [9.17, 15) is 4.79 Å². The molecule has 2 atom stereocenters. The van der Waals surface area contributed by atoms with E-state index in [2.05, 4.69) is 32.0 Å². The summed E-state index contributed by atoms with van der Waals surface area (Å²) in [4.78, 5) is 16.1. The van der Waals surface area contributed by atoms with E-state index >= 15 is 0 Å². The second-order valence-corrected chi connectivity index (χ2v) is 7.43. The molecule has 0 radical (unpaired) electrons. The molecule has 0 aromatic carbocycles. The molecular formula is C18H25N5OS. The molecule has 1 fully saturated rings. The maximum Gasteiger partial charge on any atom is 0.230 e. The highest BCUT2D eigenvalue weighted by Crippen LogP contribution is 2.38. The van der Waals surface area contributed by atoms with Gasteiger partial charge in [-0.15, -0.1) is 10.2 Å². The lowest BCUT2D eigenvalue weighted by Crippen LogP contribution is -2.25. The summed E-state index contributed by atoms with van der Waals surface area (Å²) in [7, 11) is 0. The minimum Gasteiger partial charge on any atom is -0.356 e. The maximum atomic E-state index is 11.8. The lowest BCUT2D eigenvalue weighted by atomic mass is 9.85. The Balaban J connectivity index is 1.92. The summed E-state index contributed by atoms with van der Waals surface area (Å²) in [6.45, 7) is 4.87. The summed E-state index contributed by atoms with van der Waals surface area (Å²) >= 11 is 1.46. The fourth-order valence-electron chi connectivity index (χ4n) is 3.42. The van der Waals surface area contributed by atoms with Crippen LogP contribution in [0.1, 0.15) is 45.6 Å². The standard InChI is InChI=1S/C18H25N5OS/c1-3-20-16(24)12-25-18-22-21-17(14-8-6-10-19-11-14)23(18)15-9-5-4-7-13(15)2/h6,8,10-11,13,15H,3-5,7,9,12H2,1-2H3,(H,20,24)/t13-,15-/m1/s1. The quantitative estimate of drug-likeness (QED) is 0.801. The summed E-state index contributed by atoms with van der Waals surface area (Å²) in [5.74, 6) is 1.82. The molecule has 134 valence electrons. The predicted molar refractivity (Wildman–Crippen MR) is 99.3 cm³/mol. The van der Waals surface area contributed by atoms with Gasteiger partial charge in [-0.3, -0.25) is 14.3 Å². The number of hydrogen-bond acceptors (Lipinski definition) is 5. The zero-order valence-electron chi connectivity index (χ0n) is 14.8. The fourth-order valence-corrected chi connectivity index (χ4v) is 4.25. The first kappa shape index (κ1) is 17.9. The van der Waals surface area contributed by atoms with Crippen molar-refractivity contribution in [3.63, 3.8) is 0 Å². The highest BCUT2D eigenvalue weighted by Gasteiger charge is 2.28. The Labute approximate surface area is 152 Å². The summed E-state index contributed by atoms with van der Waals surface area (Å²) in [5, 5.41) is 12.5. The first-order valence-electron chi connectivity index (χ1n) is 8.95. The van der Waals surface area contributed by atoms with Crippen LogP contribution in [0.5, 0.6) is 0 Å². The number of carbonyl (C=O) groups is 1. The van der Waals surface area contributed by atoms with Crippen LogP contribution < -0.4 is 5.32 Å². The van der Waals surface area contributed by atoms with Crippen LogP contribution in [0.15, 0.2) is 29.7 Å². The van der Waals surface area contributed by atoms with Crippen molar-refractivity contribution < 1.29 is 4.79 Å². The number of amides is 1. The Kier molecular flexibility index (Phi) is 6.07. The van der Waals surface area contributed by atoms with Crippen molar-refractivity contribution in [3.8, 4) is 11.4 Å². The monoisotopic (exact) mass is 359 g/mol. The molecule has 2 heterocycles. The maximum absolute atomic E-state index is 11.8. The van der Waals surface area contributed by atoms with Gasteiger partial charge in [0, 0.05) is 30.5 Å². The Morgan fingerprint density at radius 3 is 2.92 bits per heavy atom. The summed E-state index contributed by atoms with van der Waals surface area (Å²) in [6.07, 6.45) is 8.44. The van der Waals surface area contributed by atoms with E-state index < -0.39 is 0 Å². The van der Waals surface area contributed by atoms with Crippen molar-refractivity contribution in [2.45, 2.75) is 50.7 Å². The van der Waals surface area contributed by atoms with E-state index in [4.69, 9.17) is 0 Å². The number of pyridine rings is 1. The predicted octanol–water partition coefficient (Wildman–Crippen LogP) is 3.32. The number of thioether (sulfide) groups is 1. The summed E-state index contributed by atoms with van der Waals surface area (Å²) < 4.78 is 2.24. The molecule has 25 heavy (non-hydrogen) atoms. The molecule has 0 aliphatic heterocycles. The number of rotatable bonds is 6. The highest BCUT2D eigenvalue weighted by atomic mass is 32.2. The average molecular weight is 359 g/mol. The Hall–Kier alpha value is -1.89. The molecule has 1 aliphatic carbocycles. The van der Waals surface area contributed by atoms with E-state index in [1.54, 1.807) is 6.20 Å². The smallest absolute Gasteiger partial charge is 0.230 e. The summed E-state index contributed by atoms with van der Waals surface area (Å²) in [6, 6.07) is 4.30. The van der Waals surface area contributed by atoms with Gasteiger partial charge in [-0.05, 0) is 37.8 Å². The zero-order chi connectivity index (χ0) is 17.6. The SMILES string of the molecule is CCNC(=O)CSc1nnc(-c2cccnc2)n1[C@@H]1CCCC[C@H]1C. The van der Waals surface area contributed by atoms with Gasteiger partial charge in [-0.2, -0.15) is 0 Å². The van der Waals surface area contributed by atoms with E-state index in [0.29, 0.717) is 24.3 Å². The second kappa shape index (κ2) is 8.47. The van der Waals surface area contributed by atoms with Crippen LogP contribution in [-0.4, -0.2) is 38.0 Å². The Morgan fingerprint density at radius 2 is 2.20 bits per heavy atom. The number of nitrogens with one attached hydrogen (secondary N) is 1. The topological polar surface area (TPSA) is 72.7 Å². The molecule has 3 rings (SSSR count). The molecular weight excluding hydrogens is 334 g/mol. The molecule has 1 N–H and O–H groups in total. The summed E-state index contributed by atoms with van der Waals surface area (Å²) in [5.41, 5.74) is 0.970. The normalized spacial score (nSPS) is 20.4. The van der Waals surface area contributed by atoms with Crippen LogP contribution in [0.2, 0.25) is 0 Å². The molecule has 1 saturated carbocycles. The molecule has 1 aliphatic rings. The van der Waals surface area contributed by atoms with Crippen molar-refractivity contribution in [3.05, 3.63) is 24.5 Å². The Morgan fingerprint density at radius 1 is 1.36 bits per heavy atom. The highest BCUT2D eigenvalue weighted by molar-refractivity contribution is 7.99. The van der Waals surface area contributed by atoms with Crippen LogP contribution in [0.25, 0.3) is 11.4 Å². The van der Waals surface area contributed by atoms with Crippen molar-refractivity contribution in [2.24, 2.45) is 5.92 Å². The third-order valence-corrected chi connectivity index (χ3v) is 5.63. The van der Waals surface area contributed by atoms with Gasteiger partial charge in [0.15, 0.2) is 11.0 Å². The van der Waals surface area contributed by atoms with Gasteiger partial charge >= 0.3 is 0 Å². The van der Waals surface area contributed by atoms with Crippen LogP contribution in [0.3, 0.4) is 0 Å². The van der Waals surface area contributed by atoms with E-state index in [0.717, 1.165) is 23.0 Å². The van der Waals surface area contributed by atoms with Gasteiger partial charge in [0.1, 0.15) is 0 Å². The second-order valence-electron chi connectivity index (χ2n) is 6.49. The van der Waals surface area contributed by atoms with Crippen LogP contribution in [0, 0.1) is 5.92 Å². The van der Waals surface area contributed by atoms with Gasteiger partial charge in [-0.25, -0.2) is 0 Å². The van der Waals surface area contributed by atoms with Gasteiger partial charge in [0.25, 0.3) is 0 Å². The van der Waals surface area contributed by atoms with E-state index in [1.807, 2.05) is 25.3 Å². The molecule has 0 spiro atoms. The van der Waals surface area contributed by atoms with Crippen LogP contribution >= 0.6 is 11.8 Å². The molecule has 1 amide bonds. The van der Waals surface area contributed by atoms with Crippen LogP contribution in [-0.2, 0) is 4.79 Å². The molecule has 0 unspecified atom stereocenters. The van der Waals surface area contributed by atoms with E-state index in [-0.39, 0.29) is 5.91 Å². The minimum absolute atomic E-state index is 0.0293. The average Bonchev–Trinajstić information content (AvgIpc) is 3.05. The van der Waals surface area contributed by atoms with Crippen molar-refractivity contribution in [1.29, 1.82) is 0 Å². The van der Waals surface area contributed by atoms with Gasteiger partial charge in [0.2, 0.25) is 5.91 Å². The van der Waals surface area contributed by atoms with Gasteiger partial charge in [0.05, 0.1) is 5.75 Å². The third-order valence-electron chi connectivity index (χ3n) is 4.69. The molecule has 0 saturated heterocycles. The number of aromatic nitrogens is 4. The molecule has 2 aromatic rings. The number of carbonyl (C=O) groups excluding carboxylic acids is 1. The van der Waals surface area contributed by atoms with E-state index in [1.165, 1.54) is 31.0 Å². The van der Waals surface area contributed by atoms with Crippen LogP contribution in [0.4, 0.5) is 0 Å². The van der Waals surface area contributed by atoms with Gasteiger partial charge in [-0.1, -0.05) is 31.5 Å². The molecule has 7 heteroatoms. The first-order chi connectivity index (χ1) is 12.2. The van der Waals surface area contributed by atoms with Crippen molar-refractivity contribution in [1.82, 2.24) is 25.1 Å². The zero-order valence-corrected chi connectivity index (χ0v) is 15.6. The molecule has 0 bridgehead atoms. The fraction of sp³-hybridized carbons (Fsp3) is 0.556. The van der Waals surface area contributed by atoms with Crippen molar-refractivity contribution in [2.75, 3.05) is 12.3 Å². The van der Waals surface area contributed by atoms with Crippen molar-refractivity contribution >= 4 is 17.7 Å². The minimum atomic E-state index is 0.0293.